The highest BCUT2D eigenvalue weighted by Gasteiger charge is 2.44. The topological polar surface area (TPSA) is 74.1 Å². The van der Waals surface area contributed by atoms with Crippen LogP contribution in [0.4, 0.5) is 0 Å². The molecule has 2 aromatic carbocycles. The predicted molar refractivity (Wildman–Crippen MR) is 127 cm³/mol. The van der Waals surface area contributed by atoms with Gasteiger partial charge in [-0.15, -0.1) is 0 Å². The summed E-state index contributed by atoms with van der Waals surface area (Å²) in [5, 5.41) is 13.5. The summed E-state index contributed by atoms with van der Waals surface area (Å²) >= 11 is 0. The molecule has 1 aliphatic rings. The minimum atomic E-state index is -0.718. The van der Waals surface area contributed by atoms with Gasteiger partial charge in [-0.1, -0.05) is 62.9 Å². The van der Waals surface area contributed by atoms with Crippen molar-refractivity contribution in [3.8, 4) is 5.75 Å². The van der Waals surface area contributed by atoms with Crippen molar-refractivity contribution in [1.29, 1.82) is 0 Å². The quantitative estimate of drug-likeness (QED) is 0.396. The van der Waals surface area contributed by atoms with Crippen LogP contribution in [-0.4, -0.2) is 50.9 Å². The Morgan fingerprint density at radius 2 is 1.76 bits per heavy atom. The summed E-state index contributed by atoms with van der Waals surface area (Å²) in [6.07, 6.45) is 0.735. The first-order chi connectivity index (χ1) is 15.5. The maximum Gasteiger partial charge on any atom is 0.295 e. The van der Waals surface area contributed by atoms with Gasteiger partial charge in [-0.25, -0.2) is 0 Å². The van der Waals surface area contributed by atoms with Crippen LogP contribution in [0.5, 0.6) is 5.75 Å². The van der Waals surface area contributed by atoms with E-state index in [1.54, 1.807) is 29.2 Å². The molecule has 6 nitrogen and oxygen atoms in total. The van der Waals surface area contributed by atoms with Gasteiger partial charge in [0.1, 0.15) is 5.75 Å². The third kappa shape index (κ3) is 5.28. The summed E-state index contributed by atoms with van der Waals surface area (Å²) in [7, 11) is 5.61. The molecule has 3 rings (SSSR count). The lowest BCUT2D eigenvalue weighted by Gasteiger charge is -2.28. The third-order valence-electron chi connectivity index (χ3n) is 6.03. The number of nitrogens with one attached hydrogen (secondary N) is 1. The number of ether oxygens (including phenoxy) is 1. The van der Waals surface area contributed by atoms with Gasteiger partial charge in [-0.05, 0) is 34.2 Å². The van der Waals surface area contributed by atoms with Crippen LogP contribution in [0, 0.1) is 0 Å². The minimum absolute atomic E-state index is 0.00830. The number of likely N-dealkylation sites (tertiary alicyclic amines) is 1. The number of hydrogen-bond acceptors (Lipinski definition) is 4. The standard InChI is InChI=1S/C27H34N2O4/c1-27(2,3)20-13-11-18(12-14-20)23-22(24(30)19-9-7-10-21(17-19)33-6)25(31)26(32)29(23)16-8-15-28(4)5/h7,9-14,17,23,30H,8,15-16H2,1-6H3/b24-22+. The van der Waals surface area contributed by atoms with Crippen LogP contribution in [0.2, 0.25) is 0 Å². The Morgan fingerprint density at radius 3 is 2.33 bits per heavy atom. The maximum absolute atomic E-state index is 13.5. The van der Waals surface area contributed by atoms with Crippen LogP contribution in [0.1, 0.15) is 49.9 Å². The molecule has 0 aliphatic carbocycles. The zero-order valence-corrected chi connectivity index (χ0v) is 20.4. The van der Waals surface area contributed by atoms with Crippen LogP contribution in [0.15, 0.2) is 54.1 Å². The lowest BCUT2D eigenvalue weighted by Crippen LogP contribution is -3.05. The predicted octanol–water partition coefficient (Wildman–Crippen LogP) is 1.75. The van der Waals surface area contributed by atoms with Gasteiger partial charge in [0.15, 0.2) is 0 Å². The van der Waals surface area contributed by atoms with Gasteiger partial charge >= 0.3 is 0 Å². The van der Waals surface area contributed by atoms with E-state index < -0.39 is 23.5 Å². The number of ketones is 1. The Labute approximate surface area is 196 Å². The van der Waals surface area contributed by atoms with Gasteiger partial charge in [0.25, 0.3) is 5.91 Å². The van der Waals surface area contributed by atoms with E-state index in [-0.39, 0.29) is 11.0 Å². The van der Waals surface area contributed by atoms with Crippen molar-refractivity contribution in [3.63, 3.8) is 0 Å². The van der Waals surface area contributed by atoms with Gasteiger partial charge in [0.05, 0.1) is 33.8 Å². The lowest BCUT2D eigenvalue weighted by molar-refractivity contribution is -0.858. The van der Waals surface area contributed by atoms with Crippen LogP contribution < -0.4 is 14.7 Å². The molecule has 1 heterocycles. The molecule has 1 aliphatic heterocycles. The summed E-state index contributed by atoms with van der Waals surface area (Å²) in [6.45, 7) is 7.66. The van der Waals surface area contributed by atoms with Crippen molar-refractivity contribution in [2.45, 2.75) is 38.6 Å². The first-order valence-corrected chi connectivity index (χ1v) is 11.3. The largest absolute Gasteiger partial charge is 0.872 e. The van der Waals surface area contributed by atoms with Gasteiger partial charge in [0.2, 0.25) is 5.78 Å². The molecule has 1 N–H and O–H groups in total. The van der Waals surface area contributed by atoms with Crippen molar-refractivity contribution < 1.29 is 24.3 Å². The van der Waals surface area contributed by atoms with Crippen molar-refractivity contribution in [2.75, 3.05) is 34.3 Å². The van der Waals surface area contributed by atoms with E-state index in [4.69, 9.17) is 4.74 Å². The van der Waals surface area contributed by atoms with Crippen molar-refractivity contribution in [2.24, 2.45) is 0 Å². The van der Waals surface area contributed by atoms with Crippen molar-refractivity contribution >= 4 is 17.4 Å². The van der Waals surface area contributed by atoms with E-state index in [9.17, 15) is 14.7 Å². The first kappa shape index (κ1) is 24.5. The van der Waals surface area contributed by atoms with E-state index in [0.717, 1.165) is 24.1 Å². The fourth-order valence-corrected chi connectivity index (χ4v) is 4.14. The number of carbonyl (C=O) groups excluding carboxylic acids is 2. The normalized spacial score (nSPS) is 18.3. The van der Waals surface area contributed by atoms with E-state index in [0.29, 0.717) is 17.9 Å². The Kier molecular flexibility index (Phi) is 7.28. The molecule has 1 atom stereocenters. The molecule has 1 unspecified atom stereocenters. The molecule has 0 radical (unpaired) electrons. The van der Waals surface area contributed by atoms with Crippen molar-refractivity contribution in [3.05, 3.63) is 70.8 Å². The van der Waals surface area contributed by atoms with E-state index in [2.05, 4.69) is 20.8 Å². The minimum Gasteiger partial charge on any atom is -0.872 e. The number of benzene rings is 2. The Balaban J connectivity index is 2.11. The highest BCUT2D eigenvalue weighted by atomic mass is 16.5. The molecular formula is C27H34N2O4. The molecule has 0 spiro atoms. The molecule has 176 valence electrons. The zero-order chi connectivity index (χ0) is 24.3. The fraction of sp³-hybridized carbons (Fsp3) is 0.407. The molecule has 0 aromatic heterocycles. The zero-order valence-electron chi connectivity index (χ0n) is 20.4. The molecular weight excluding hydrogens is 416 g/mol. The summed E-state index contributed by atoms with van der Waals surface area (Å²) in [5.74, 6) is -1.24. The van der Waals surface area contributed by atoms with Gasteiger partial charge in [0, 0.05) is 18.5 Å². The molecule has 1 saturated heterocycles. The van der Waals surface area contributed by atoms with Crippen LogP contribution in [0.3, 0.4) is 0 Å². The average Bonchev–Trinajstić information content (AvgIpc) is 3.03. The lowest BCUT2D eigenvalue weighted by atomic mass is 9.85. The molecule has 0 saturated carbocycles. The molecule has 2 aromatic rings. The van der Waals surface area contributed by atoms with E-state index in [1.165, 1.54) is 12.0 Å². The van der Waals surface area contributed by atoms with Gasteiger partial charge < -0.3 is 19.6 Å². The van der Waals surface area contributed by atoms with Crippen molar-refractivity contribution in [1.82, 2.24) is 4.90 Å². The number of rotatable bonds is 7. The second-order valence-corrected chi connectivity index (χ2v) is 9.89. The highest BCUT2D eigenvalue weighted by molar-refractivity contribution is 6.46. The molecule has 0 bridgehead atoms. The highest BCUT2D eigenvalue weighted by Crippen LogP contribution is 2.39. The molecule has 33 heavy (non-hydrogen) atoms. The Bertz CT molecular complexity index is 1050. The number of hydrogen-bond donors (Lipinski definition) is 1. The molecule has 1 fully saturated rings. The summed E-state index contributed by atoms with van der Waals surface area (Å²) in [5.41, 5.74) is 2.23. The summed E-state index contributed by atoms with van der Waals surface area (Å²) < 4.78 is 5.24. The Morgan fingerprint density at radius 1 is 1.09 bits per heavy atom. The number of nitrogens with zero attached hydrogens (tertiary/aromatic N) is 1. The van der Waals surface area contributed by atoms with Gasteiger partial charge in [-0.2, -0.15) is 0 Å². The summed E-state index contributed by atoms with van der Waals surface area (Å²) in [6, 6.07) is 13.9. The second kappa shape index (κ2) is 9.79. The smallest absolute Gasteiger partial charge is 0.295 e. The van der Waals surface area contributed by atoms with Crippen LogP contribution >= 0.6 is 0 Å². The Hall–Kier alpha value is -3.12. The SMILES string of the molecule is COc1cccc(/C([O-])=C2\C(=O)C(=O)N(CCC[NH+](C)C)C2c2ccc(C(C)(C)C)cc2)c1. The average molecular weight is 451 g/mol. The number of carbonyl (C=O) groups is 2. The van der Waals surface area contributed by atoms with E-state index >= 15 is 0 Å². The number of amides is 1. The second-order valence-electron chi connectivity index (χ2n) is 9.89. The molecule has 1 amide bonds. The number of methoxy groups -OCH3 is 1. The maximum atomic E-state index is 13.5. The number of Topliss-reactive ketones (excluding diaryl/α,β-unsaturated/α-hetero) is 1. The van der Waals surface area contributed by atoms with Crippen LogP contribution in [-0.2, 0) is 15.0 Å². The molecule has 6 heteroatoms. The number of quaternary nitrogens is 1. The monoisotopic (exact) mass is 450 g/mol. The van der Waals surface area contributed by atoms with E-state index in [1.807, 2.05) is 38.4 Å². The fourth-order valence-electron chi connectivity index (χ4n) is 4.14. The summed E-state index contributed by atoms with van der Waals surface area (Å²) in [4.78, 5) is 29.0. The van der Waals surface area contributed by atoms with Crippen LogP contribution in [0.25, 0.3) is 5.76 Å². The third-order valence-corrected chi connectivity index (χ3v) is 6.03. The van der Waals surface area contributed by atoms with Gasteiger partial charge in [-0.3, -0.25) is 9.59 Å². The first-order valence-electron chi connectivity index (χ1n) is 11.3.